The molecule has 2 aliphatic rings. The summed E-state index contributed by atoms with van der Waals surface area (Å²) in [5.41, 5.74) is 14.1. The maximum atomic E-state index is 5.51. The highest BCUT2D eigenvalue weighted by molar-refractivity contribution is 7.26. The Kier molecular flexibility index (Phi) is 6.97. The molecule has 0 saturated carbocycles. The summed E-state index contributed by atoms with van der Waals surface area (Å²) in [6.07, 6.45) is 2.53. The molecule has 8 aromatic carbocycles. The van der Waals surface area contributed by atoms with Gasteiger partial charge in [0.05, 0.1) is 28.3 Å². The molecule has 59 heavy (non-hydrogen) atoms. The SMILES string of the molecule is C1=C(c2ccc3c(c2)c2ccccc2n3-c2nc(-c3cccc4c3sc3ccccc34)c3ccccc3n2)c2ccccc2C2C1c1ccccc1N2c1ccccc1. The highest BCUT2D eigenvalue weighted by Gasteiger charge is 2.42. The normalized spacial score (nSPS) is 15.9. The first-order chi connectivity index (χ1) is 29.3. The van der Waals surface area contributed by atoms with Gasteiger partial charge in [0.2, 0.25) is 5.95 Å². The summed E-state index contributed by atoms with van der Waals surface area (Å²) in [6.45, 7) is 0. The van der Waals surface area contributed by atoms with Crippen molar-refractivity contribution in [2.45, 2.75) is 12.0 Å². The van der Waals surface area contributed by atoms with Crippen LogP contribution in [0.2, 0.25) is 0 Å². The summed E-state index contributed by atoms with van der Waals surface area (Å²) < 4.78 is 4.79. The average molecular weight is 771 g/mol. The van der Waals surface area contributed by atoms with Crippen LogP contribution in [0.1, 0.15) is 34.2 Å². The van der Waals surface area contributed by atoms with E-state index in [4.69, 9.17) is 9.97 Å². The van der Waals surface area contributed by atoms with Crippen LogP contribution < -0.4 is 4.90 Å². The molecule has 1 aliphatic heterocycles. The van der Waals surface area contributed by atoms with Crippen LogP contribution in [0.4, 0.5) is 11.4 Å². The van der Waals surface area contributed by atoms with Gasteiger partial charge in [0.25, 0.3) is 0 Å². The zero-order valence-electron chi connectivity index (χ0n) is 31.8. The lowest BCUT2D eigenvalue weighted by Gasteiger charge is -2.35. The second kappa shape index (κ2) is 12.6. The van der Waals surface area contributed by atoms with E-state index >= 15 is 0 Å². The highest BCUT2D eigenvalue weighted by Crippen LogP contribution is 2.57. The molecule has 11 aromatic rings. The first-order valence-corrected chi connectivity index (χ1v) is 21.1. The van der Waals surface area contributed by atoms with E-state index in [0.717, 1.165) is 33.2 Å². The van der Waals surface area contributed by atoms with E-state index in [1.807, 2.05) is 11.3 Å². The summed E-state index contributed by atoms with van der Waals surface area (Å²) in [7, 11) is 0. The fraction of sp³-hybridized carbons (Fsp3) is 0.0370. The van der Waals surface area contributed by atoms with Crippen LogP contribution in [0.25, 0.3) is 75.7 Å². The van der Waals surface area contributed by atoms with E-state index < -0.39 is 0 Å². The number of thiophene rings is 1. The van der Waals surface area contributed by atoms with Gasteiger partial charge in [-0.1, -0.05) is 146 Å². The maximum Gasteiger partial charge on any atom is 0.235 e. The van der Waals surface area contributed by atoms with Gasteiger partial charge in [-0.25, -0.2) is 9.97 Å². The number of para-hydroxylation sites is 4. The van der Waals surface area contributed by atoms with Crippen molar-refractivity contribution in [2.24, 2.45) is 0 Å². The van der Waals surface area contributed by atoms with Crippen molar-refractivity contribution in [3.05, 3.63) is 216 Å². The van der Waals surface area contributed by atoms with Crippen LogP contribution in [-0.2, 0) is 0 Å². The molecule has 0 amide bonds. The number of nitrogens with zero attached hydrogens (tertiary/aromatic N) is 4. The van der Waals surface area contributed by atoms with E-state index in [9.17, 15) is 0 Å². The zero-order valence-corrected chi connectivity index (χ0v) is 32.6. The highest BCUT2D eigenvalue weighted by atomic mass is 32.1. The van der Waals surface area contributed by atoms with E-state index in [0.29, 0.717) is 5.95 Å². The summed E-state index contributed by atoms with van der Waals surface area (Å²) in [5.74, 6) is 0.868. The molecule has 2 atom stereocenters. The van der Waals surface area contributed by atoms with Crippen LogP contribution in [-0.4, -0.2) is 14.5 Å². The Labute approximate surface area is 344 Å². The lowest BCUT2D eigenvalue weighted by atomic mass is 9.77. The van der Waals surface area contributed by atoms with Gasteiger partial charge in [0.1, 0.15) is 0 Å². The quantitative estimate of drug-likeness (QED) is 0.179. The smallest absolute Gasteiger partial charge is 0.235 e. The van der Waals surface area contributed by atoms with Crippen molar-refractivity contribution in [3.8, 4) is 17.2 Å². The number of benzene rings is 8. The first kappa shape index (κ1) is 32.7. The second-order valence-corrected chi connectivity index (χ2v) is 16.7. The monoisotopic (exact) mass is 770 g/mol. The van der Waals surface area contributed by atoms with Crippen LogP contribution in [0.5, 0.6) is 0 Å². The largest absolute Gasteiger partial charge is 0.333 e. The fourth-order valence-electron chi connectivity index (χ4n) is 10.1. The molecule has 13 rings (SSSR count). The van der Waals surface area contributed by atoms with Crippen LogP contribution in [0.15, 0.2) is 194 Å². The van der Waals surface area contributed by atoms with Crippen molar-refractivity contribution in [1.29, 1.82) is 0 Å². The predicted molar refractivity (Wildman–Crippen MR) is 246 cm³/mol. The molecule has 5 heteroatoms. The fourth-order valence-corrected chi connectivity index (χ4v) is 11.3. The summed E-state index contributed by atoms with van der Waals surface area (Å²) in [5, 5.41) is 5.95. The Balaban J connectivity index is 1.01. The Morgan fingerprint density at radius 1 is 0.492 bits per heavy atom. The Morgan fingerprint density at radius 3 is 2.10 bits per heavy atom. The molecule has 4 nitrogen and oxygen atoms in total. The number of rotatable bonds is 4. The third kappa shape index (κ3) is 4.77. The second-order valence-electron chi connectivity index (χ2n) is 15.7. The molecule has 0 radical (unpaired) electrons. The minimum atomic E-state index is 0.165. The standard InChI is InChI=1S/C54H34N4S/c1-2-15-34(16-3-1)57-47-26-11-8-19-37(47)45-32-43(35-17-4-5-21-39(35)52(45)57)33-29-30-49-44(31-33)36-18-7-12-27-48(36)58(49)54-55-46-25-10-6-22-41(46)51(56-54)42-24-14-23-40-38-20-9-13-28-50(38)59-53(40)42/h1-32,45,52H. The molecule has 4 heterocycles. The Hall–Kier alpha value is -7.34. The van der Waals surface area contributed by atoms with Crippen molar-refractivity contribution in [3.63, 3.8) is 0 Å². The summed E-state index contributed by atoms with van der Waals surface area (Å²) >= 11 is 1.84. The van der Waals surface area contributed by atoms with E-state index in [-0.39, 0.29) is 12.0 Å². The maximum absolute atomic E-state index is 5.51. The predicted octanol–water partition coefficient (Wildman–Crippen LogP) is 14.2. The van der Waals surface area contributed by atoms with Gasteiger partial charge >= 0.3 is 0 Å². The van der Waals surface area contributed by atoms with Crippen LogP contribution in [0.3, 0.4) is 0 Å². The average Bonchev–Trinajstić information content (AvgIpc) is 3.96. The molecular weight excluding hydrogens is 737 g/mol. The van der Waals surface area contributed by atoms with Gasteiger partial charge in [0, 0.05) is 59.2 Å². The van der Waals surface area contributed by atoms with Crippen LogP contribution >= 0.6 is 11.3 Å². The van der Waals surface area contributed by atoms with Gasteiger partial charge in [-0.2, -0.15) is 0 Å². The molecular formula is C54H34N4S. The van der Waals surface area contributed by atoms with Crippen molar-refractivity contribution < 1.29 is 0 Å². The molecule has 0 bridgehead atoms. The number of aromatic nitrogens is 3. The summed E-state index contributed by atoms with van der Waals surface area (Å²) in [4.78, 5) is 13.3. The van der Waals surface area contributed by atoms with E-state index in [2.05, 4.69) is 204 Å². The zero-order chi connectivity index (χ0) is 38.6. The Bertz CT molecular complexity index is 3540. The molecule has 2 unspecified atom stereocenters. The van der Waals surface area contributed by atoms with Crippen molar-refractivity contribution >= 4 is 81.2 Å². The molecule has 276 valence electrons. The third-order valence-corrected chi connectivity index (χ3v) is 13.8. The van der Waals surface area contributed by atoms with Gasteiger partial charge in [0.15, 0.2) is 0 Å². The molecule has 0 spiro atoms. The minimum Gasteiger partial charge on any atom is -0.333 e. The molecule has 3 aromatic heterocycles. The van der Waals surface area contributed by atoms with Crippen LogP contribution in [0, 0.1) is 0 Å². The number of fused-ring (bicyclic) bond motifs is 12. The Morgan fingerprint density at radius 2 is 1.19 bits per heavy atom. The number of hydrogen-bond acceptors (Lipinski definition) is 4. The first-order valence-electron chi connectivity index (χ1n) is 20.2. The number of anilines is 2. The molecule has 0 N–H and O–H groups in total. The lowest BCUT2D eigenvalue weighted by molar-refractivity contribution is 0.665. The van der Waals surface area contributed by atoms with Gasteiger partial charge in [-0.05, 0) is 76.4 Å². The van der Waals surface area contributed by atoms with Crippen molar-refractivity contribution in [2.75, 3.05) is 4.90 Å². The summed E-state index contributed by atoms with van der Waals surface area (Å²) in [6, 6.07) is 68.4. The van der Waals surface area contributed by atoms with Gasteiger partial charge in [-0.15, -0.1) is 11.3 Å². The number of hydrogen-bond donors (Lipinski definition) is 0. The molecule has 1 aliphatic carbocycles. The topological polar surface area (TPSA) is 34.0 Å². The van der Waals surface area contributed by atoms with E-state index in [1.54, 1.807) is 0 Å². The molecule has 0 saturated heterocycles. The third-order valence-electron chi connectivity index (χ3n) is 12.6. The lowest BCUT2D eigenvalue weighted by Crippen LogP contribution is -2.25. The van der Waals surface area contributed by atoms with Crippen molar-refractivity contribution in [1.82, 2.24) is 14.5 Å². The minimum absolute atomic E-state index is 0.165. The van der Waals surface area contributed by atoms with E-state index in [1.165, 1.54) is 70.1 Å². The van der Waals surface area contributed by atoms with Gasteiger partial charge < -0.3 is 4.90 Å². The molecule has 0 fully saturated rings. The van der Waals surface area contributed by atoms with Gasteiger partial charge in [-0.3, -0.25) is 4.57 Å².